The Morgan fingerprint density at radius 2 is 2.00 bits per heavy atom. The van der Waals surface area contributed by atoms with Crippen LogP contribution in [-0.2, 0) is 5.33 Å². The van der Waals surface area contributed by atoms with Crippen molar-refractivity contribution in [1.82, 2.24) is 0 Å². The average Bonchev–Trinajstić information content (AvgIpc) is 2.38. The maximum absolute atomic E-state index is 3.62. The molecule has 0 radical (unpaired) electrons. The van der Waals surface area contributed by atoms with E-state index in [1.54, 1.807) is 0 Å². The second-order valence-corrected chi connectivity index (χ2v) is 6.27. The van der Waals surface area contributed by atoms with Crippen molar-refractivity contribution < 1.29 is 0 Å². The molecule has 0 aliphatic heterocycles. The second-order valence-electron chi connectivity index (χ2n) is 5.71. The molecule has 1 aliphatic carbocycles. The lowest BCUT2D eigenvalue weighted by molar-refractivity contribution is 0.321. The lowest BCUT2D eigenvalue weighted by Gasteiger charge is -2.38. The molecule has 100 valence electrons. The standard InChI is InChI=1S/C16H24BrN/c1-12-8-9-16(14(10-12)11-17)18(3)15-7-5-4-6-13(15)2/h8-10,13,15H,4-7,11H2,1-3H3. The Labute approximate surface area is 120 Å². The Hall–Kier alpha value is -0.500. The molecule has 0 N–H and O–H groups in total. The summed E-state index contributed by atoms with van der Waals surface area (Å²) in [5, 5.41) is 0.940. The van der Waals surface area contributed by atoms with Crippen LogP contribution in [0.4, 0.5) is 5.69 Å². The smallest absolute Gasteiger partial charge is 0.0407 e. The molecule has 1 saturated carbocycles. The lowest BCUT2D eigenvalue weighted by Crippen LogP contribution is -2.39. The van der Waals surface area contributed by atoms with Crippen molar-refractivity contribution in [1.29, 1.82) is 0 Å². The minimum atomic E-state index is 0.708. The average molecular weight is 310 g/mol. The van der Waals surface area contributed by atoms with Crippen LogP contribution in [0.15, 0.2) is 18.2 Å². The van der Waals surface area contributed by atoms with E-state index in [0.717, 1.165) is 11.2 Å². The fourth-order valence-electron chi connectivity index (χ4n) is 3.22. The van der Waals surface area contributed by atoms with Gasteiger partial charge in [-0.2, -0.15) is 0 Å². The highest BCUT2D eigenvalue weighted by atomic mass is 79.9. The van der Waals surface area contributed by atoms with Gasteiger partial charge in [0.1, 0.15) is 0 Å². The maximum Gasteiger partial charge on any atom is 0.0407 e. The van der Waals surface area contributed by atoms with E-state index in [-0.39, 0.29) is 0 Å². The van der Waals surface area contributed by atoms with Crippen LogP contribution in [0.5, 0.6) is 0 Å². The van der Waals surface area contributed by atoms with Crippen LogP contribution in [0.25, 0.3) is 0 Å². The van der Waals surface area contributed by atoms with E-state index in [1.165, 1.54) is 42.5 Å². The van der Waals surface area contributed by atoms with Gasteiger partial charge in [0, 0.05) is 24.1 Å². The number of alkyl halides is 1. The van der Waals surface area contributed by atoms with Crippen LogP contribution in [0.1, 0.15) is 43.7 Å². The van der Waals surface area contributed by atoms with E-state index in [2.05, 4.69) is 59.9 Å². The molecule has 0 aromatic heterocycles. The van der Waals surface area contributed by atoms with Gasteiger partial charge in [0.25, 0.3) is 0 Å². The van der Waals surface area contributed by atoms with Gasteiger partial charge < -0.3 is 4.90 Å². The number of halogens is 1. The summed E-state index contributed by atoms with van der Waals surface area (Å²) in [6, 6.07) is 7.52. The van der Waals surface area contributed by atoms with Crippen LogP contribution in [0, 0.1) is 12.8 Å². The first-order valence-corrected chi connectivity index (χ1v) is 8.14. The molecule has 0 amide bonds. The van der Waals surface area contributed by atoms with Crippen molar-refractivity contribution in [2.24, 2.45) is 5.92 Å². The molecule has 1 fully saturated rings. The second kappa shape index (κ2) is 6.10. The van der Waals surface area contributed by atoms with Crippen LogP contribution in [0.2, 0.25) is 0 Å². The van der Waals surface area contributed by atoms with Crippen molar-refractivity contribution >= 4 is 21.6 Å². The molecule has 2 rings (SSSR count). The van der Waals surface area contributed by atoms with Gasteiger partial charge in [-0.25, -0.2) is 0 Å². The Morgan fingerprint density at radius 3 is 2.67 bits per heavy atom. The van der Waals surface area contributed by atoms with E-state index < -0.39 is 0 Å². The van der Waals surface area contributed by atoms with Gasteiger partial charge in [0.15, 0.2) is 0 Å². The van der Waals surface area contributed by atoms with E-state index in [4.69, 9.17) is 0 Å². The molecule has 1 nitrogen and oxygen atoms in total. The van der Waals surface area contributed by atoms with Crippen LogP contribution in [-0.4, -0.2) is 13.1 Å². The van der Waals surface area contributed by atoms with Gasteiger partial charge in [0.05, 0.1) is 0 Å². The molecule has 0 heterocycles. The minimum Gasteiger partial charge on any atom is -0.371 e. The quantitative estimate of drug-likeness (QED) is 0.717. The normalized spacial score (nSPS) is 24.0. The first-order valence-electron chi connectivity index (χ1n) is 7.02. The highest BCUT2D eigenvalue weighted by molar-refractivity contribution is 9.08. The van der Waals surface area contributed by atoms with Crippen molar-refractivity contribution in [3.8, 4) is 0 Å². The fraction of sp³-hybridized carbons (Fsp3) is 0.625. The van der Waals surface area contributed by atoms with Gasteiger partial charge in [-0.1, -0.05) is 53.4 Å². The van der Waals surface area contributed by atoms with Crippen molar-refractivity contribution in [3.63, 3.8) is 0 Å². The van der Waals surface area contributed by atoms with Gasteiger partial charge in [-0.15, -0.1) is 0 Å². The summed E-state index contributed by atoms with van der Waals surface area (Å²) in [6.07, 6.45) is 5.51. The third-order valence-corrected chi connectivity index (χ3v) is 4.93. The Kier molecular flexibility index (Phi) is 4.71. The van der Waals surface area contributed by atoms with E-state index in [0.29, 0.717) is 6.04 Å². The molecular weight excluding hydrogens is 286 g/mol. The van der Waals surface area contributed by atoms with Crippen LogP contribution < -0.4 is 4.90 Å². The zero-order valence-electron chi connectivity index (χ0n) is 11.7. The van der Waals surface area contributed by atoms with E-state index >= 15 is 0 Å². The molecule has 0 saturated heterocycles. The first kappa shape index (κ1) is 13.9. The zero-order chi connectivity index (χ0) is 13.1. The number of benzene rings is 1. The van der Waals surface area contributed by atoms with E-state index in [1.807, 2.05) is 0 Å². The number of rotatable bonds is 3. The van der Waals surface area contributed by atoms with E-state index in [9.17, 15) is 0 Å². The van der Waals surface area contributed by atoms with Gasteiger partial charge in [-0.05, 0) is 37.3 Å². The number of anilines is 1. The molecule has 0 spiro atoms. The minimum absolute atomic E-state index is 0.708. The summed E-state index contributed by atoms with van der Waals surface area (Å²) < 4.78 is 0. The van der Waals surface area contributed by atoms with Crippen LogP contribution >= 0.6 is 15.9 Å². The number of hydrogen-bond donors (Lipinski definition) is 0. The molecule has 18 heavy (non-hydrogen) atoms. The predicted octanol–water partition coefficient (Wildman–Crippen LogP) is 4.90. The maximum atomic E-state index is 3.62. The summed E-state index contributed by atoms with van der Waals surface area (Å²) in [4.78, 5) is 2.51. The number of aryl methyl sites for hydroxylation is 1. The highest BCUT2D eigenvalue weighted by Crippen LogP contribution is 2.33. The molecule has 1 aromatic carbocycles. The molecule has 1 aliphatic rings. The summed E-state index contributed by atoms with van der Waals surface area (Å²) in [7, 11) is 2.27. The SMILES string of the molecule is Cc1ccc(N(C)C2CCCCC2C)c(CBr)c1. The third-order valence-electron chi connectivity index (χ3n) is 4.32. The van der Waals surface area contributed by atoms with Gasteiger partial charge in [-0.3, -0.25) is 0 Å². The molecule has 1 aromatic rings. The van der Waals surface area contributed by atoms with Crippen molar-refractivity contribution in [3.05, 3.63) is 29.3 Å². The molecule has 0 bridgehead atoms. The Balaban J connectivity index is 2.24. The monoisotopic (exact) mass is 309 g/mol. The van der Waals surface area contributed by atoms with Crippen LogP contribution in [0.3, 0.4) is 0 Å². The summed E-state index contributed by atoms with van der Waals surface area (Å²) in [5.41, 5.74) is 4.16. The van der Waals surface area contributed by atoms with Gasteiger partial charge in [0.2, 0.25) is 0 Å². The summed E-state index contributed by atoms with van der Waals surface area (Å²) in [5.74, 6) is 0.813. The Morgan fingerprint density at radius 1 is 1.28 bits per heavy atom. The largest absolute Gasteiger partial charge is 0.371 e. The summed E-state index contributed by atoms with van der Waals surface area (Å²) >= 11 is 3.62. The molecule has 2 heteroatoms. The number of hydrogen-bond acceptors (Lipinski definition) is 1. The first-order chi connectivity index (χ1) is 8.63. The zero-order valence-corrected chi connectivity index (χ0v) is 13.3. The third kappa shape index (κ3) is 2.90. The lowest BCUT2D eigenvalue weighted by atomic mass is 9.84. The molecule has 2 atom stereocenters. The highest BCUT2D eigenvalue weighted by Gasteiger charge is 2.26. The van der Waals surface area contributed by atoms with Crippen molar-refractivity contribution in [2.75, 3.05) is 11.9 Å². The number of nitrogens with zero attached hydrogens (tertiary/aromatic N) is 1. The van der Waals surface area contributed by atoms with Crippen molar-refractivity contribution in [2.45, 2.75) is 50.9 Å². The topological polar surface area (TPSA) is 3.24 Å². The summed E-state index contributed by atoms with van der Waals surface area (Å²) in [6.45, 7) is 4.57. The molecule has 2 unspecified atom stereocenters. The molecular formula is C16H24BrN. The fourth-order valence-corrected chi connectivity index (χ4v) is 3.67. The Bertz CT molecular complexity index is 402. The van der Waals surface area contributed by atoms with Gasteiger partial charge >= 0.3 is 0 Å². The predicted molar refractivity (Wildman–Crippen MR) is 83.6 cm³/mol.